The highest BCUT2D eigenvalue weighted by molar-refractivity contribution is 6.34. The maximum atomic E-state index is 12.2. The maximum absolute atomic E-state index is 12.2. The van der Waals surface area contributed by atoms with Crippen LogP contribution in [0.2, 0.25) is 5.15 Å². The van der Waals surface area contributed by atoms with Crippen LogP contribution in [0.4, 0.5) is 0 Å². The second kappa shape index (κ2) is 5.35. The third-order valence-electron chi connectivity index (χ3n) is 2.99. The number of halogens is 1. The molecule has 0 atom stereocenters. The van der Waals surface area contributed by atoms with E-state index in [9.17, 15) is 4.79 Å². The van der Waals surface area contributed by atoms with Crippen LogP contribution >= 0.6 is 11.6 Å². The smallest absolute Gasteiger partial charge is 0.253 e. The highest BCUT2D eigenvalue weighted by Crippen LogP contribution is 2.24. The Kier molecular flexibility index (Phi) is 3.39. The SMILES string of the molecule is O=C(NCc1ccco1)c1cnc(Cl)c2ccccc12. The molecule has 1 amide bonds. The molecule has 5 heteroatoms. The van der Waals surface area contributed by atoms with Crippen molar-refractivity contribution in [3.63, 3.8) is 0 Å². The molecule has 3 rings (SSSR count). The Labute approximate surface area is 120 Å². The zero-order chi connectivity index (χ0) is 13.9. The normalized spacial score (nSPS) is 10.7. The zero-order valence-corrected chi connectivity index (χ0v) is 11.2. The van der Waals surface area contributed by atoms with E-state index in [2.05, 4.69) is 10.3 Å². The molecule has 4 nitrogen and oxygen atoms in total. The van der Waals surface area contributed by atoms with Gasteiger partial charge in [-0.1, -0.05) is 35.9 Å². The van der Waals surface area contributed by atoms with Crippen LogP contribution in [0.1, 0.15) is 16.1 Å². The number of carbonyl (C=O) groups is 1. The van der Waals surface area contributed by atoms with E-state index in [4.69, 9.17) is 16.0 Å². The van der Waals surface area contributed by atoms with Crippen molar-refractivity contribution in [1.29, 1.82) is 0 Å². The van der Waals surface area contributed by atoms with E-state index in [1.807, 2.05) is 24.3 Å². The Morgan fingerprint density at radius 1 is 1.20 bits per heavy atom. The van der Waals surface area contributed by atoms with Gasteiger partial charge in [0, 0.05) is 11.6 Å². The Hall–Kier alpha value is -2.33. The summed E-state index contributed by atoms with van der Waals surface area (Å²) in [6.07, 6.45) is 3.06. The largest absolute Gasteiger partial charge is 0.467 e. The topological polar surface area (TPSA) is 55.1 Å². The summed E-state index contributed by atoms with van der Waals surface area (Å²) in [5, 5.41) is 4.73. The van der Waals surface area contributed by atoms with Crippen LogP contribution in [0.25, 0.3) is 10.8 Å². The van der Waals surface area contributed by atoms with Crippen LogP contribution in [0, 0.1) is 0 Å². The standard InChI is InChI=1S/C15H11ClN2O2/c16-14-12-6-2-1-5-11(12)13(9-17-14)15(19)18-8-10-4-3-7-20-10/h1-7,9H,8H2,(H,18,19). The molecule has 3 aromatic rings. The monoisotopic (exact) mass is 286 g/mol. The fraction of sp³-hybridized carbons (Fsp3) is 0.0667. The van der Waals surface area contributed by atoms with E-state index in [0.717, 1.165) is 10.8 Å². The third kappa shape index (κ3) is 2.38. The Morgan fingerprint density at radius 2 is 2.00 bits per heavy atom. The molecule has 1 N–H and O–H groups in total. The van der Waals surface area contributed by atoms with Crippen molar-refractivity contribution in [2.45, 2.75) is 6.54 Å². The molecule has 1 aromatic carbocycles. The molecule has 0 spiro atoms. The van der Waals surface area contributed by atoms with Crippen molar-refractivity contribution in [3.05, 3.63) is 65.3 Å². The van der Waals surface area contributed by atoms with Crippen LogP contribution in [0.5, 0.6) is 0 Å². The number of hydrogen-bond acceptors (Lipinski definition) is 3. The third-order valence-corrected chi connectivity index (χ3v) is 3.30. The first-order valence-corrected chi connectivity index (χ1v) is 6.47. The summed E-state index contributed by atoms with van der Waals surface area (Å²) in [4.78, 5) is 16.3. The van der Waals surface area contributed by atoms with Gasteiger partial charge in [0.1, 0.15) is 10.9 Å². The number of nitrogens with zero attached hydrogens (tertiary/aromatic N) is 1. The molecule has 0 radical (unpaired) electrons. The number of pyridine rings is 1. The number of nitrogens with one attached hydrogen (secondary N) is 1. The number of amides is 1. The van der Waals surface area contributed by atoms with Crippen LogP contribution in [0.3, 0.4) is 0 Å². The number of rotatable bonds is 3. The van der Waals surface area contributed by atoms with Crippen molar-refractivity contribution in [3.8, 4) is 0 Å². The molecule has 0 saturated heterocycles. The maximum Gasteiger partial charge on any atom is 0.253 e. The van der Waals surface area contributed by atoms with Crippen molar-refractivity contribution in [2.75, 3.05) is 0 Å². The summed E-state index contributed by atoms with van der Waals surface area (Å²) < 4.78 is 5.17. The summed E-state index contributed by atoms with van der Waals surface area (Å²) in [6.45, 7) is 0.336. The number of fused-ring (bicyclic) bond motifs is 1. The summed E-state index contributed by atoms with van der Waals surface area (Å²) in [5.74, 6) is 0.492. The predicted octanol–water partition coefficient (Wildman–Crippen LogP) is 3.41. The lowest BCUT2D eigenvalue weighted by molar-refractivity contribution is 0.0949. The van der Waals surface area contributed by atoms with Gasteiger partial charge in [0.15, 0.2) is 0 Å². The lowest BCUT2D eigenvalue weighted by Gasteiger charge is -2.07. The van der Waals surface area contributed by atoms with Gasteiger partial charge in [-0.15, -0.1) is 0 Å². The molecule has 0 aliphatic rings. The van der Waals surface area contributed by atoms with Gasteiger partial charge in [-0.2, -0.15) is 0 Å². The lowest BCUT2D eigenvalue weighted by Crippen LogP contribution is -2.23. The van der Waals surface area contributed by atoms with E-state index in [0.29, 0.717) is 23.0 Å². The molecule has 2 aromatic heterocycles. The number of benzene rings is 1. The average Bonchev–Trinajstić information content (AvgIpc) is 2.99. The molecule has 0 aliphatic heterocycles. The van der Waals surface area contributed by atoms with Gasteiger partial charge in [0.25, 0.3) is 5.91 Å². The summed E-state index contributed by atoms with van der Waals surface area (Å²) in [5.41, 5.74) is 0.497. The van der Waals surface area contributed by atoms with Crippen molar-refractivity contribution in [2.24, 2.45) is 0 Å². The second-order valence-corrected chi connectivity index (χ2v) is 4.63. The van der Waals surface area contributed by atoms with Crippen molar-refractivity contribution in [1.82, 2.24) is 10.3 Å². The first kappa shape index (κ1) is 12.7. The molecular weight excluding hydrogens is 276 g/mol. The number of aromatic nitrogens is 1. The van der Waals surface area contributed by atoms with Gasteiger partial charge >= 0.3 is 0 Å². The molecule has 0 fully saturated rings. The van der Waals surface area contributed by atoms with Gasteiger partial charge in [0.05, 0.1) is 18.4 Å². The van der Waals surface area contributed by atoms with Crippen molar-refractivity contribution < 1.29 is 9.21 Å². The zero-order valence-electron chi connectivity index (χ0n) is 10.5. The Balaban J connectivity index is 1.90. The van der Waals surface area contributed by atoms with Gasteiger partial charge in [0.2, 0.25) is 0 Å². The molecular formula is C15H11ClN2O2. The fourth-order valence-corrected chi connectivity index (χ4v) is 2.23. The van der Waals surface area contributed by atoms with Crippen LogP contribution in [-0.2, 0) is 6.54 Å². The molecule has 0 unspecified atom stereocenters. The van der Waals surface area contributed by atoms with E-state index in [-0.39, 0.29) is 5.91 Å². The Bertz CT molecular complexity index is 754. The summed E-state index contributed by atoms with van der Waals surface area (Å²) in [6, 6.07) is 11.0. The van der Waals surface area contributed by atoms with Gasteiger partial charge in [-0.05, 0) is 17.5 Å². The van der Waals surface area contributed by atoms with Crippen LogP contribution < -0.4 is 5.32 Å². The number of hydrogen-bond donors (Lipinski definition) is 1. The van der Waals surface area contributed by atoms with E-state index >= 15 is 0 Å². The van der Waals surface area contributed by atoms with E-state index in [1.165, 1.54) is 6.20 Å². The first-order chi connectivity index (χ1) is 9.75. The highest BCUT2D eigenvalue weighted by atomic mass is 35.5. The minimum Gasteiger partial charge on any atom is -0.467 e. The highest BCUT2D eigenvalue weighted by Gasteiger charge is 2.12. The number of furan rings is 1. The Morgan fingerprint density at radius 3 is 2.75 bits per heavy atom. The lowest BCUT2D eigenvalue weighted by atomic mass is 10.1. The number of carbonyl (C=O) groups excluding carboxylic acids is 1. The average molecular weight is 287 g/mol. The molecule has 20 heavy (non-hydrogen) atoms. The molecule has 2 heterocycles. The summed E-state index contributed by atoms with van der Waals surface area (Å²) >= 11 is 6.03. The summed E-state index contributed by atoms with van der Waals surface area (Å²) in [7, 11) is 0. The minimum absolute atomic E-state index is 0.207. The van der Waals surface area contributed by atoms with Gasteiger partial charge in [-0.3, -0.25) is 4.79 Å². The predicted molar refractivity (Wildman–Crippen MR) is 76.6 cm³/mol. The fourth-order valence-electron chi connectivity index (χ4n) is 2.01. The molecule has 0 saturated carbocycles. The quantitative estimate of drug-likeness (QED) is 0.751. The van der Waals surface area contributed by atoms with Crippen LogP contribution in [0.15, 0.2) is 53.3 Å². The first-order valence-electron chi connectivity index (χ1n) is 6.09. The van der Waals surface area contributed by atoms with E-state index < -0.39 is 0 Å². The second-order valence-electron chi connectivity index (χ2n) is 4.27. The van der Waals surface area contributed by atoms with Crippen molar-refractivity contribution >= 4 is 28.3 Å². The molecule has 100 valence electrons. The van der Waals surface area contributed by atoms with E-state index in [1.54, 1.807) is 18.4 Å². The minimum atomic E-state index is -0.207. The molecule has 0 bridgehead atoms. The van der Waals surface area contributed by atoms with Gasteiger partial charge in [-0.25, -0.2) is 4.98 Å². The van der Waals surface area contributed by atoms with Gasteiger partial charge < -0.3 is 9.73 Å². The molecule has 0 aliphatic carbocycles. The van der Waals surface area contributed by atoms with Crippen LogP contribution in [-0.4, -0.2) is 10.9 Å².